The minimum absolute atomic E-state index is 0.0493. The van der Waals surface area contributed by atoms with Crippen molar-refractivity contribution < 1.29 is 18.9 Å². The molecule has 0 saturated carbocycles. The second-order valence-electron chi connectivity index (χ2n) is 7.00. The van der Waals surface area contributed by atoms with Gasteiger partial charge in [0.05, 0.1) is 16.2 Å². The highest BCUT2D eigenvalue weighted by atomic mass is 32.1. The molecule has 1 saturated heterocycles. The van der Waals surface area contributed by atoms with E-state index in [1.807, 2.05) is 0 Å². The van der Waals surface area contributed by atoms with Crippen LogP contribution in [0.3, 0.4) is 0 Å². The van der Waals surface area contributed by atoms with Crippen LogP contribution in [0.4, 0.5) is 11.4 Å². The number of nitro benzene ring substituents is 1. The Kier molecular flexibility index (Phi) is 5.97. The van der Waals surface area contributed by atoms with E-state index in [4.69, 9.17) is 16.6 Å². The van der Waals surface area contributed by atoms with Gasteiger partial charge >= 0.3 is 0 Å². The Labute approximate surface area is 194 Å². The summed E-state index contributed by atoms with van der Waals surface area (Å²) in [7, 11) is 0. The molecule has 0 atom stereocenters. The third-order valence-corrected chi connectivity index (χ3v) is 5.34. The van der Waals surface area contributed by atoms with Crippen LogP contribution in [-0.4, -0.2) is 33.3 Å². The predicted molar refractivity (Wildman–Crippen MR) is 127 cm³/mol. The molecule has 2 aromatic carbocycles. The molecule has 0 bridgehead atoms. The van der Waals surface area contributed by atoms with E-state index < -0.39 is 16.7 Å². The van der Waals surface area contributed by atoms with E-state index in [0.29, 0.717) is 5.69 Å². The molecular formula is C24H17N3O5S. The third kappa shape index (κ3) is 4.09. The van der Waals surface area contributed by atoms with Crippen LogP contribution in [0.15, 0.2) is 89.4 Å². The van der Waals surface area contributed by atoms with E-state index in [-0.39, 0.29) is 40.0 Å². The zero-order valence-corrected chi connectivity index (χ0v) is 18.0. The molecule has 1 aromatic heterocycles. The van der Waals surface area contributed by atoms with Gasteiger partial charge < -0.3 is 4.42 Å². The van der Waals surface area contributed by atoms with E-state index >= 15 is 0 Å². The van der Waals surface area contributed by atoms with Gasteiger partial charge in [-0.3, -0.25) is 29.5 Å². The maximum absolute atomic E-state index is 13.3. The van der Waals surface area contributed by atoms with Gasteiger partial charge in [-0.1, -0.05) is 36.4 Å². The first-order valence-electron chi connectivity index (χ1n) is 9.84. The Morgan fingerprint density at radius 2 is 1.70 bits per heavy atom. The Hall–Kier alpha value is -4.37. The number of carbonyl (C=O) groups is 2. The molecular weight excluding hydrogens is 442 g/mol. The molecule has 0 aliphatic carbocycles. The first kappa shape index (κ1) is 21.8. The topological polar surface area (TPSA) is 96.9 Å². The molecule has 4 rings (SSSR count). The highest BCUT2D eigenvalue weighted by Gasteiger charge is 2.40. The molecule has 9 heteroatoms. The molecule has 0 unspecified atom stereocenters. The average molecular weight is 459 g/mol. The quantitative estimate of drug-likeness (QED) is 0.134. The molecule has 1 fully saturated rings. The molecule has 3 aromatic rings. The van der Waals surface area contributed by atoms with Crippen LogP contribution in [0.2, 0.25) is 0 Å². The summed E-state index contributed by atoms with van der Waals surface area (Å²) in [6, 6.07) is 18.0. The van der Waals surface area contributed by atoms with Gasteiger partial charge in [-0.05, 0) is 48.6 Å². The summed E-state index contributed by atoms with van der Waals surface area (Å²) in [5.74, 6) is -0.747. The summed E-state index contributed by atoms with van der Waals surface area (Å²) in [5, 5.41) is 11.4. The van der Waals surface area contributed by atoms with E-state index in [0.717, 1.165) is 0 Å². The van der Waals surface area contributed by atoms with Gasteiger partial charge in [0.2, 0.25) is 0 Å². The Morgan fingerprint density at radius 3 is 2.39 bits per heavy atom. The second-order valence-corrected chi connectivity index (χ2v) is 7.36. The molecule has 164 valence electrons. The van der Waals surface area contributed by atoms with Gasteiger partial charge in [0.25, 0.3) is 17.5 Å². The van der Waals surface area contributed by atoms with Crippen molar-refractivity contribution in [1.82, 2.24) is 4.90 Å². The molecule has 0 spiro atoms. The zero-order chi connectivity index (χ0) is 23.5. The summed E-state index contributed by atoms with van der Waals surface area (Å²) >= 11 is 5.42. The number of nitro groups is 1. The molecule has 33 heavy (non-hydrogen) atoms. The summed E-state index contributed by atoms with van der Waals surface area (Å²) in [4.78, 5) is 39.7. The Balaban J connectivity index is 1.76. The average Bonchev–Trinajstić information content (AvgIpc) is 3.29. The third-order valence-electron chi connectivity index (χ3n) is 4.94. The number of rotatable bonds is 6. The number of anilines is 1. The van der Waals surface area contributed by atoms with E-state index in [9.17, 15) is 19.7 Å². The van der Waals surface area contributed by atoms with Crippen molar-refractivity contribution >= 4 is 46.6 Å². The van der Waals surface area contributed by atoms with Crippen molar-refractivity contribution in [2.75, 3.05) is 11.4 Å². The number of hydrogen-bond donors (Lipinski definition) is 0. The highest BCUT2D eigenvalue weighted by molar-refractivity contribution is 7.80. The first-order chi connectivity index (χ1) is 15.9. The molecule has 0 N–H and O–H groups in total. The number of nitrogens with zero attached hydrogens (tertiary/aromatic N) is 3. The van der Waals surface area contributed by atoms with Crippen molar-refractivity contribution in [2.45, 2.75) is 0 Å². The fraction of sp³-hybridized carbons (Fsp3) is 0.0417. The lowest BCUT2D eigenvalue weighted by Gasteiger charge is -2.36. The fourth-order valence-corrected chi connectivity index (χ4v) is 3.77. The SMILES string of the molecule is C=CCN1C(=O)/C(=C\c2ccc(-c3ccccc3[N+](=O)[O-])o2)C(=O)N(c2ccccc2)C1=S. The van der Waals surface area contributed by atoms with Crippen LogP contribution < -0.4 is 4.90 Å². The van der Waals surface area contributed by atoms with Crippen LogP contribution in [0.1, 0.15) is 5.76 Å². The number of para-hydroxylation sites is 2. The van der Waals surface area contributed by atoms with Crippen molar-refractivity contribution in [3.63, 3.8) is 0 Å². The van der Waals surface area contributed by atoms with Crippen LogP contribution in [-0.2, 0) is 9.59 Å². The molecule has 0 radical (unpaired) electrons. The smallest absolute Gasteiger partial charge is 0.280 e. The lowest BCUT2D eigenvalue weighted by molar-refractivity contribution is -0.384. The van der Waals surface area contributed by atoms with E-state index in [1.165, 1.54) is 34.1 Å². The van der Waals surface area contributed by atoms with Gasteiger partial charge in [-0.2, -0.15) is 0 Å². The van der Waals surface area contributed by atoms with Gasteiger partial charge in [0.1, 0.15) is 17.1 Å². The summed E-state index contributed by atoms with van der Waals surface area (Å²) < 4.78 is 5.75. The number of hydrogen-bond acceptors (Lipinski definition) is 6. The number of thiocarbonyl (C=S) groups is 1. The van der Waals surface area contributed by atoms with Gasteiger partial charge in [-0.25, -0.2) is 0 Å². The Morgan fingerprint density at radius 1 is 1.00 bits per heavy atom. The monoisotopic (exact) mass is 459 g/mol. The molecule has 2 amide bonds. The van der Waals surface area contributed by atoms with Crippen molar-refractivity contribution in [3.05, 3.63) is 101 Å². The van der Waals surface area contributed by atoms with E-state index in [1.54, 1.807) is 54.6 Å². The van der Waals surface area contributed by atoms with Crippen molar-refractivity contribution in [3.8, 4) is 11.3 Å². The molecule has 2 heterocycles. The number of amides is 2. The molecule has 1 aliphatic heterocycles. The zero-order valence-electron chi connectivity index (χ0n) is 17.2. The van der Waals surface area contributed by atoms with Gasteiger partial charge in [-0.15, -0.1) is 6.58 Å². The van der Waals surface area contributed by atoms with Crippen molar-refractivity contribution in [1.29, 1.82) is 0 Å². The minimum atomic E-state index is -0.597. The van der Waals surface area contributed by atoms with E-state index in [2.05, 4.69) is 6.58 Å². The maximum Gasteiger partial charge on any atom is 0.280 e. The summed E-state index contributed by atoms with van der Waals surface area (Å²) in [5.41, 5.74) is 0.528. The number of furan rings is 1. The Bertz CT molecular complexity index is 1310. The van der Waals surface area contributed by atoms with Crippen molar-refractivity contribution in [2.24, 2.45) is 0 Å². The van der Waals surface area contributed by atoms with Gasteiger partial charge in [0.15, 0.2) is 5.11 Å². The molecule has 1 aliphatic rings. The maximum atomic E-state index is 13.3. The number of carbonyl (C=O) groups excluding carboxylic acids is 2. The van der Waals surface area contributed by atoms with Crippen LogP contribution in [0.5, 0.6) is 0 Å². The first-order valence-corrected chi connectivity index (χ1v) is 10.2. The molecule has 8 nitrogen and oxygen atoms in total. The summed E-state index contributed by atoms with van der Waals surface area (Å²) in [6.45, 7) is 3.78. The lowest BCUT2D eigenvalue weighted by Crippen LogP contribution is -2.56. The largest absolute Gasteiger partial charge is 0.456 e. The van der Waals surface area contributed by atoms with Crippen LogP contribution in [0, 0.1) is 10.1 Å². The standard InChI is InChI=1S/C24H17N3O5S/c1-2-14-25-22(28)19(23(29)26(24(25)33)16-8-4-3-5-9-16)15-17-12-13-21(32-17)18-10-6-7-11-20(18)27(30)31/h2-13,15H,1,14H2/b19-15+. The minimum Gasteiger partial charge on any atom is -0.456 e. The van der Waals surface area contributed by atoms with Crippen LogP contribution >= 0.6 is 12.2 Å². The summed E-state index contributed by atoms with van der Waals surface area (Å²) in [6.07, 6.45) is 2.83. The predicted octanol–water partition coefficient (Wildman–Crippen LogP) is 4.58. The highest BCUT2D eigenvalue weighted by Crippen LogP contribution is 2.32. The lowest BCUT2D eigenvalue weighted by atomic mass is 10.1. The second kappa shape index (κ2) is 9.01. The van der Waals surface area contributed by atoms with Crippen LogP contribution in [0.25, 0.3) is 17.4 Å². The van der Waals surface area contributed by atoms with Gasteiger partial charge in [0, 0.05) is 12.6 Å². The normalized spacial score (nSPS) is 15.3. The fourth-order valence-electron chi connectivity index (χ4n) is 3.43. The number of benzene rings is 2.